The number of halogens is 1. The Hall–Kier alpha value is -1.03. The molecule has 1 aromatic rings. The van der Waals surface area contributed by atoms with E-state index in [1.165, 1.54) is 12.8 Å². The fourth-order valence-electron chi connectivity index (χ4n) is 2.32. The van der Waals surface area contributed by atoms with Gasteiger partial charge in [-0.2, -0.15) is 4.98 Å². The number of anilines is 2. The first-order valence-corrected chi connectivity index (χ1v) is 6.02. The van der Waals surface area contributed by atoms with Crippen molar-refractivity contribution >= 4 is 23.4 Å². The predicted molar refractivity (Wildman–Crippen MR) is 66.7 cm³/mol. The minimum Gasteiger partial charge on any atom is -0.368 e. The van der Waals surface area contributed by atoms with Crippen molar-refractivity contribution in [1.82, 2.24) is 9.97 Å². The third kappa shape index (κ3) is 2.07. The van der Waals surface area contributed by atoms with Crippen molar-refractivity contribution in [1.29, 1.82) is 0 Å². The number of nitrogen functional groups attached to an aromatic ring is 1. The maximum Gasteiger partial charge on any atom is 0.222 e. The Morgan fingerprint density at radius 3 is 3.00 bits per heavy atom. The second kappa shape index (κ2) is 4.45. The van der Waals surface area contributed by atoms with Gasteiger partial charge in [-0.25, -0.2) is 4.98 Å². The molecule has 2 rings (SSSR count). The predicted octanol–water partition coefficient (Wildman–Crippen LogP) is 2.34. The van der Waals surface area contributed by atoms with Crippen molar-refractivity contribution in [2.45, 2.75) is 32.7 Å². The number of aromatic nitrogens is 2. The number of rotatable bonds is 2. The van der Waals surface area contributed by atoms with Crippen molar-refractivity contribution in [3.05, 3.63) is 11.2 Å². The average Bonchev–Trinajstić information content (AvgIpc) is 2.70. The van der Waals surface area contributed by atoms with Gasteiger partial charge in [0, 0.05) is 12.6 Å². The van der Waals surface area contributed by atoms with Crippen LogP contribution in [0, 0.1) is 5.92 Å². The van der Waals surface area contributed by atoms with Crippen LogP contribution in [0.5, 0.6) is 0 Å². The van der Waals surface area contributed by atoms with Gasteiger partial charge in [0.05, 0.1) is 6.20 Å². The summed E-state index contributed by atoms with van der Waals surface area (Å²) in [7, 11) is 0. The van der Waals surface area contributed by atoms with Crippen LogP contribution in [-0.2, 0) is 0 Å². The van der Waals surface area contributed by atoms with E-state index in [0.29, 0.717) is 17.0 Å². The van der Waals surface area contributed by atoms with Crippen LogP contribution in [0.2, 0.25) is 5.02 Å². The van der Waals surface area contributed by atoms with Crippen LogP contribution in [0.4, 0.5) is 11.8 Å². The summed E-state index contributed by atoms with van der Waals surface area (Å²) in [6.45, 7) is 5.45. The largest absolute Gasteiger partial charge is 0.368 e. The van der Waals surface area contributed by atoms with E-state index in [9.17, 15) is 0 Å². The zero-order valence-corrected chi connectivity index (χ0v) is 10.4. The molecule has 0 radical (unpaired) electrons. The molecule has 1 unspecified atom stereocenters. The van der Waals surface area contributed by atoms with Crippen LogP contribution in [0.15, 0.2) is 6.20 Å². The summed E-state index contributed by atoms with van der Waals surface area (Å²) in [6, 6.07) is 0.506. The zero-order chi connectivity index (χ0) is 11.7. The lowest BCUT2D eigenvalue weighted by Crippen LogP contribution is -2.34. The van der Waals surface area contributed by atoms with Crippen molar-refractivity contribution in [2.75, 3.05) is 17.2 Å². The molecule has 1 aromatic heterocycles. The van der Waals surface area contributed by atoms with Gasteiger partial charge in [-0.1, -0.05) is 25.4 Å². The van der Waals surface area contributed by atoms with Gasteiger partial charge in [-0.15, -0.1) is 0 Å². The van der Waals surface area contributed by atoms with Crippen molar-refractivity contribution in [3.8, 4) is 0 Å². The number of hydrogen-bond acceptors (Lipinski definition) is 4. The van der Waals surface area contributed by atoms with E-state index in [4.69, 9.17) is 17.3 Å². The van der Waals surface area contributed by atoms with Gasteiger partial charge in [0.1, 0.15) is 5.02 Å². The molecule has 1 aliphatic rings. The first kappa shape index (κ1) is 11.5. The zero-order valence-electron chi connectivity index (χ0n) is 9.65. The molecule has 5 heteroatoms. The van der Waals surface area contributed by atoms with Crippen molar-refractivity contribution < 1.29 is 0 Å². The van der Waals surface area contributed by atoms with Crippen LogP contribution in [-0.4, -0.2) is 22.6 Å². The number of hydrogen-bond donors (Lipinski definition) is 1. The summed E-state index contributed by atoms with van der Waals surface area (Å²) in [5, 5.41) is 0.585. The van der Waals surface area contributed by atoms with Gasteiger partial charge in [0.25, 0.3) is 0 Å². The lowest BCUT2D eigenvalue weighted by molar-refractivity contribution is 0.489. The quantitative estimate of drug-likeness (QED) is 0.862. The Balaban J connectivity index is 2.32. The number of nitrogens with zero attached hydrogens (tertiary/aromatic N) is 3. The lowest BCUT2D eigenvalue weighted by Gasteiger charge is -2.29. The highest BCUT2D eigenvalue weighted by molar-refractivity contribution is 6.32. The first-order chi connectivity index (χ1) is 7.59. The van der Waals surface area contributed by atoms with E-state index in [1.54, 1.807) is 6.20 Å². The summed E-state index contributed by atoms with van der Waals surface area (Å²) < 4.78 is 0. The van der Waals surface area contributed by atoms with Crippen LogP contribution in [0.3, 0.4) is 0 Å². The van der Waals surface area contributed by atoms with Crippen molar-refractivity contribution in [2.24, 2.45) is 5.92 Å². The minimum absolute atomic E-state index is 0.286. The Morgan fingerprint density at radius 1 is 1.56 bits per heavy atom. The molecule has 0 spiro atoms. The topological polar surface area (TPSA) is 55.0 Å². The summed E-state index contributed by atoms with van der Waals surface area (Å²) in [5.74, 6) is 1.66. The van der Waals surface area contributed by atoms with Gasteiger partial charge in [-0.05, 0) is 18.8 Å². The SMILES string of the molecule is CC(C)C1CCCN1c1nc(N)ncc1Cl. The molecule has 88 valence electrons. The molecule has 2 N–H and O–H groups in total. The maximum absolute atomic E-state index is 6.12. The van der Waals surface area contributed by atoms with Gasteiger partial charge >= 0.3 is 0 Å². The monoisotopic (exact) mass is 240 g/mol. The smallest absolute Gasteiger partial charge is 0.222 e. The fraction of sp³-hybridized carbons (Fsp3) is 0.636. The van der Waals surface area contributed by atoms with Crippen molar-refractivity contribution in [3.63, 3.8) is 0 Å². The molecule has 4 nitrogen and oxygen atoms in total. The van der Waals surface area contributed by atoms with Crippen LogP contribution in [0.1, 0.15) is 26.7 Å². The summed E-state index contributed by atoms with van der Waals surface area (Å²) in [6.07, 6.45) is 3.95. The Morgan fingerprint density at radius 2 is 2.31 bits per heavy atom. The third-order valence-electron chi connectivity index (χ3n) is 3.09. The Labute approximate surface area is 101 Å². The van der Waals surface area contributed by atoms with Gasteiger partial charge in [-0.3, -0.25) is 0 Å². The molecule has 0 aliphatic carbocycles. The molecular weight excluding hydrogens is 224 g/mol. The molecule has 0 aromatic carbocycles. The summed E-state index contributed by atoms with van der Waals surface area (Å²) in [5.41, 5.74) is 5.61. The van der Waals surface area contributed by atoms with E-state index in [0.717, 1.165) is 12.4 Å². The molecular formula is C11H17ClN4. The molecule has 0 saturated carbocycles. The normalized spacial score (nSPS) is 20.8. The minimum atomic E-state index is 0.286. The Bertz CT molecular complexity index is 380. The summed E-state index contributed by atoms with van der Waals surface area (Å²) in [4.78, 5) is 10.4. The van der Waals surface area contributed by atoms with E-state index >= 15 is 0 Å². The third-order valence-corrected chi connectivity index (χ3v) is 3.35. The van der Waals surface area contributed by atoms with Crippen LogP contribution < -0.4 is 10.6 Å². The van der Waals surface area contributed by atoms with Gasteiger partial charge in [0.2, 0.25) is 5.95 Å². The van der Waals surface area contributed by atoms with Gasteiger partial charge < -0.3 is 10.6 Å². The van der Waals surface area contributed by atoms with E-state index in [2.05, 4.69) is 28.7 Å². The molecule has 2 heterocycles. The number of nitrogens with two attached hydrogens (primary N) is 1. The van der Waals surface area contributed by atoms with E-state index < -0.39 is 0 Å². The molecule has 1 fully saturated rings. The van der Waals surface area contributed by atoms with Crippen LogP contribution in [0.25, 0.3) is 0 Å². The molecule has 0 bridgehead atoms. The van der Waals surface area contributed by atoms with Crippen LogP contribution >= 0.6 is 11.6 Å². The van der Waals surface area contributed by atoms with E-state index in [1.807, 2.05) is 0 Å². The first-order valence-electron chi connectivity index (χ1n) is 5.64. The van der Waals surface area contributed by atoms with E-state index in [-0.39, 0.29) is 5.95 Å². The highest BCUT2D eigenvalue weighted by atomic mass is 35.5. The summed E-state index contributed by atoms with van der Waals surface area (Å²) >= 11 is 6.12. The lowest BCUT2D eigenvalue weighted by atomic mass is 10.0. The Kier molecular flexibility index (Phi) is 3.19. The maximum atomic E-state index is 6.12. The molecule has 1 aliphatic heterocycles. The molecule has 1 atom stereocenters. The average molecular weight is 241 g/mol. The highest BCUT2D eigenvalue weighted by Gasteiger charge is 2.29. The fourth-order valence-corrected chi connectivity index (χ4v) is 2.52. The second-order valence-electron chi connectivity index (χ2n) is 4.55. The molecule has 16 heavy (non-hydrogen) atoms. The highest BCUT2D eigenvalue weighted by Crippen LogP contribution is 2.32. The standard InChI is InChI=1S/C11H17ClN4/c1-7(2)9-4-3-5-16(9)10-8(12)6-14-11(13)15-10/h6-7,9H,3-5H2,1-2H3,(H2,13,14,15). The molecule has 1 saturated heterocycles. The second-order valence-corrected chi connectivity index (χ2v) is 4.95. The molecule has 0 amide bonds. The van der Waals surface area contributed by atoms with Gasteiger partial charge in [0.15, 0.2) is 5.82 Å².